The number of ether oxygens (including phenoxy) is 2. The number of aromatic nitrogens is 6. The van der Waals surface area contributed by atoms with Gasteiger partial charge in [-0.2, -0.15) is 5.10 Å². The SMILES string of the molecule is CCOc1cc(-c2ccc(N3C[C@@H]4C5CCC([C@@H]4C3)N5Cc3ccc(OC)nc3)nc2)c2c3cn[nH]c3nn2c1. The van der Waals surface area contributed by atoms with Crippen LogP contribution in [0.3, 0.4) is 0 Å². The van der Waals surface area contributed by atoms with E-state index in [0.717, 1.165) is 58.9 Å². The predicted molar refractivity (Wildman–Crippen MR) is 152 cm³/mol. The third-order valence-corrected chi connectivity index (χ3v) is 9.18. The van der Waals surface area contributed by atoms with Gasteiger partial charge in [0.1, 0.15) is 11.6 Å². The Morgan fingerprint density at radius 1 is 1.00 bits per heavy atom. The summed E-state index contributed by atoms with van der Waals surface area (Å²) < 4.78 is 13.0. The van der Waals surface area contributed by atoms with Crippen molar-refractivity contribution in [1.29, 1.82) is 0 Å². The fourth-order valence-electron chi connectivity index (χ4n) is 7.50. The molecule has 0 amide bonds. The molecule has 10 heteroatoms. The molecule has 204 valence electrons. The number of fused-ring (bicyclic) bond motifs is 8. The molecule has 1 N–H and O–H groups in total. The molecule has 0 aromatic carbocycles. The average molecular weight is 537 g/mol. The van der Waals surface area contributed by atoms with Crippen LogP contribution in [0.5, 0.6) is 11.6 Å². The Morgan fingerprint density at radius 2 is 1.85 bits per heavy atom. The van der Waals surface area contributed by atoms with Crippen LogP contribution in [0.2, 0.25) is 0 Å². The van der Waals surface area contributed by atoms with Gasteiger partial charge in [0.25, 0.3) is 0 Å². The molecule has 8 heterocycles. The Labute approximate surface area is 231 Å². The summed E-state index contributed by atoms with van der Waals surface area (Å²) in [7, 11) is 1.66. The van der Waals surface area contributed by atoms with Gasteiger partial charge in [-0.1, -0.05) is 6.07 Å². The first kappa shape index (κ1) is 23.7. The molecule has 40 heavy (non-hydrogen) atoms. The molecular weight excluding hydrogens is 504 g/mol. The van der Waals surface area contributed by atoms with Gasteiger partial charge in [-0.15, -0.1) is 5.10 Å². The van der Waals surface area contributed by atoms with Crippen LogP contribution in [0.25, 0.3) is 27.7 Å². The number of nitrogens with one attached hydrogen (secondary N) is 1. The van der Waals surface area contributed by atoms with Crippen LogP contribution in [0.15, 0.2) is 55.1 Å². The summed E-state index contributed by atoms with van der Waals surface area (Å²) in [6.45, 7) is 5.69. The van der Waals surface area contributed by atoms with Gasteiger partial charge < -0.3 is 14.4 Å². The maximum atomic E-state index is 5.85. The second-order valence-corrected chi connectivity index (χ2v) is 11.2. The third-order valence-electron chi connectivity index (χ3n) is 9.18. The molecular formula is C30H32N8O2. The molecule has 5 aromatic rings. The van der Waals surface area contributed by atoms with E-state index in [0.29, 0.717) is 36.4 Å². The lowest BCUT2D eigenvalue weighted by molar-refractivity contribution is 0.221. The zero-order chi connectivity index (χ0) is 26.8. The minimum absolute atomic E-state index is 0.594. The Kier molecular flexibility index (Phi) is 5.44. The molecule has 0 radical (unpaired) electrons. The van der Waals surface area contributed by atoms with Crippen LogP contribution in [0.4, 0.5) is 5.82 Å². The minimum Gasteiger partial charge on any atom is -0.492 e. The molecule has 3 aliphatic rings. The number of hydrogen-bond donors (Lipinski definition) is 1. The third kappa shape index (κ3) is 3.66. The number of hydrogen-bond acceptors (Lipinski definition) is 8. The zero-order valence-electron chi connectivity index (χ0n) is 22.7. The monoisotopic (exact) mass is 536 g/mol. The van der Waals surface area contributed by atoms with Crippen LogP contribution >= 0.6 is 0 Å². The highest BCUT2D eigenvalue weighted by atomic mass is 16.5. The number of pyridine rings is 3. The Bertz CT molecular complexity index is 1660. The number of anilines is 1. The lowest BCUT2D eigenvalue weighted by Crippen LogP contribution is -2.35. The maximum Gasteiger partial charge on any atom is 0.212 e. The molecule has 2 unspecified atom stereocenters. The van der Waals surface area contributed by atoms with Crippen LogP contribution in [-0.4, -0.2) is 73.6 Å². The first-order valence-electron chi connectivity index (χ1n) is 14.1. The molecule has 5 aromatic heterocycles. The van der Waals surface area contributed by atoms with Crippen LogP contribution < -0.4 is 14.4 Å². The van der Waals surface area contributed by atoms with E-state index in [1.54, 1.807) is 7.11 Å². The van der Waals surface area contributed by atoms with Crippen molar-refractivity contribution in [3.63, 3.8) is 0 Å². The van der Waals surface area contributed by atoms with Crippen molar-refractivity contribution < 1.29 is 9.47 Å². The van der Waals surface area contributed by atoms with Crippen molar-refractivity contribution in [3.8, 4) is 22.8 Å². The Balaban J connectivity index is 1.03. The van der Waals surface area contributed by atoms with E-state index in [1.807, 2.05) is 42.3 Å². The van der Waals surface area contributed by atoms with Gasteiger partial charge >= 0.3 is 0 Å². The van der Waals surface area contributed by atoms with Crippen LogP contribution in [0.1, 0.15) is 25.3 Å². The van der Waals surface area contributed by atoms with E-state index in [9.17, 15) is 0 Å². The molecule has 3 aliphatic heterocycles. The van der Waals surface area contributed by atoms with Crippen LogP contribution in [0, 0.1) is 11.8 Å². The number of methoxy groups -OCH3 is 1. The van der Waals surface area contributed by atoms with Gasteiger partial charge in [-0.3, -0.25) is 10.00 Å². The van der Waals surface area contributed by atoms with Crippen molar-refractivity contribution >= 4 is 22.4 Å². The molecule has 0 saturated carbocycles. The highest BCUT2D eigenvalue weighted by Gasteiger charge is 2.56. The molecule has 2 bridgehead atoms. The summed E-state index contributed by atoms with van der Waals surface area (Å²) in [5.74, 6) is 3.89. The molecule has 0 spiro atoms. The van der Waals surface area contributed by atoms with Crippen LogP contribution in [-0.2, 0) is 6.54 Å². The van der Waals surface area contributed by atoms with Gasteiger partial charge in [-0.25, -0.2) is 14.5 Å². The minimum atomic E-state index is 0.594. The molecule has 3 saturated heterocycles. The number of nitrogens with zero attached hydrogens (tertiary/aromatic N) is 7. The Morgan fingerprint density at radius 3 is 2.55 bits per heavy atom. The van der Waals surface area contributed by atoms with Gasteiger partial charge in [0.15, 0.2) is 5.65 Å². The molecule has 10 nitrogen and oxygen atoms in total. The average Bonchev–Trinajstić information content (AvgIpc) is 3.79. The first-order chi connectivity index (χ1) is 19.7. The standard InChI is InChI=1S/C30H32N8O2/c1-3-40-20-10-21(29-22-13-33-34-30(22)35-38(29)15-20)19-5-8-27(31-12-19)36-16-23-24(17-36)26-7-6-25(23)37(26)14-18-4-9-28(39-2)32-11-18/h4-5,8-13,15,23-26H,3,6-7,14,16-17H2,1-2H3,(H,34,35)/t23-,24+,25?,26?. The maximum absolute atomic E-state index is 5.85. The highest BCUT2D eigenvalue weighted by molar-refractivity contribution is 6.00. The number of rotatable bonds is 7. The van der Waals surface area contributed by atoms with E-state index in [2.05, 4.69) is 54.3 Å². The summed E-state index contributed by atoms with van der Waals surface area (Å²) >= 11 is 0. The van der Waals surface area contributed by atoms with Gasteiger partial charge in [0.05, 0.1) is 37.0 Å². The zero-order valence-corrected chi connectivity index (χ0v) is 22.7. The summed E-state index contributed by atoms with van der Waals surface area (Å²) in [6.07, 6.45) is 10.3. The topological polar surface area (TPSA) is 96.7 Å². The molecule has 8 rings (SSSR count). The summed E-state index contributed by atoms with van der Waals surface area (Å²) in [5.41, 5.74) is 5.10. The van der Waals surface area contributed by atoms with Crippen molar-refractivity contribution in [1.82, 2.24) is 34.7 Å². The summed E-state index contributed by atoms with van der Waals surface area (Å²) in [5, 5.41) is 12.8. The lowest BCUT2D eigenvalue weighted by atomic mass is 9.82. The summed E-state index contributed by atoms with van der Waals surface area (Å²) in [6, 6.07) is 11.8. The normalized spacial score (nSPS) is 23.9. The predicted octanol–water partition coefficient (Wildman–Crippen LogP) is 4.17. The second kappa shape index (κ2) is 9.19. The number of aromatic amines is 1. The van der Waals surface area contributed by atoms with E-state index in [4.69, 9.17) is 14.5 Å². The van der Waals surface area contributed by atoms with E-state index < -0.39 is 0 Å². The molecule has 4 atom stereocenters. The van der Waals surface area contributed by atoms with Gasteiger partial charge in [0.2, 0.25) is 5.88 Å². The smallest absolute Gasteiger partial charge is 0.212 e. The highest BCUT2D eigenvalue weighted by Crippen LogP contribution is 2.50. The van der Waals surface area contributed by atoms with Gasteiger partial charge in [0, 0.05) is 61.3 Å². The van der Waals surface area contributed by atoms with Crippen molar-refractivity contribution in [2.45, 2.75) is 38.4 Å². The lowest BCUT2D eigenvalue weighted by Gasteiger charge is -2.27. The molecule has 3 fully saturated rings. The van der Waals surface area contributed by atoms with Crippen molar-refractivity contribution in [3.05, 3.63) is 60.7 Å². The van der Waals surface area contributed by atoms with E-state index in [-0.39, 0.29) is 0 Å². The number of H-pyrrole nitrogens is 1. The van der Waals surface area contributed by atoms with Crippen molar-refractivity contribution in [2.24, 2.45) is 11.8 Å². The fraction of sp³-hybridized carbons (Fsp3) is 0.400. The quantitative estimate of drug-likeness (QED) is 0.331. The largest absolute Gasteiger partial charge is 0.492 e. The van der Waals surface area contributed by atoms with E-state index >= 15 is 0 Å². The molecule has 0 aliphatic carbocycles. The summed E-state index contributed by atoms with van der Waals surface area (Å²) in [4.78, 5) is 14.6. The van der Waals surface area contributed by atoms with Gasteiger partial charge in [-0.05, 0) is 55.4 Å². The van der Waals surface area contributed by atoms with E-state index in [1.165, 1.54) is 18.4 Å². The fourth-order valence-corrected chi connectivity index (χ4v) is 7.50. The van der Waals surface area contributed by atoms with Crippen molar-refractivity contribution in [2.75, 3.05) is 31.7 Å². The Hall–Kier alpha value is -4.18. The first-order valence-corrected chi connectivity index (χ1v) is 14.1. The second-order valence-electron chi connectivity index (χ2n) is 11.2.